The molecule has 3 rings (SSSR count). The summed E-state index contributed by atoms with van der Waals surface area (Å²) in [5.41, 5.74) is 1.37. The van der Waals surface area contributed by atoms with Crippen molar-refractivity contribution in [2.45, 2.75) is 32.4 Å². The maximum absolute atomic E-state index is 13.5. The van der Waals surface area contributed by atoms with Gasteiger partial charge in [-0.25, -0.2) is 13.8 Å². The molecule has 0 bridgehead atoms. The molecule has 1 fully saturated rings. The number of aromatic nitrogens is 2. The Morgan fingerprint density at radius 2 is 2.16 bits per heavy atom. The van der Waals surface area contributed by atoms with Crippen LogP contribution in [0.15, 0.2) is 24.4 Å². The first-order valence-corrected chi connectivity index (χ1v) is 6.37. The number of hydrogen-bond acceptors (Lipinski definition) is 2. The number of benzene rings is 1. The molecule has 0 radical (unpaired) electrons. The summed E-state index contributed by atoms with van der Waals surface area (Å²) in [6, 6.07) is 4.13. The van der Waals surface area contributed by atoms with Crippen molar-refractivity contribution in [3.63, 3.8) is 0 Å². The first-order chi connectivity index (χ1) is 9.13. The number of aryl methyl sites for hydroxylation is 1. The lowest BCUT2D eigenvalue weighted by molar-refractivity contribution is 0.573. The van der Waals surface area contributed by atoms with Gasteiger partial charge in [0.1, 0.15) is 11.6 Å². The van der Waals surface area contributed by atoms with Crippen molar-refractivity contribution in [1.82, 2.24) is 9.55 Å². The minimum Gasteiger partial charge on any atom is -0.351 e. The van der Waals surface area contributed by atoms with Crippen LogP contribution in [0.25, 0.3) is 0 Å². The van der Waals surface area contributed by atoms with Gasteiger partial charge >= 0.3 is 0 Å². The Kier molecular flexibility index (Phi) is 2.97. The molecule has 100 valence electrons. The standard InChI is InChI=1S/C14H15F2N3/c1-9-8-19(12-4-5-12)14(18-9)17-7-10-2-3-11(15)6-13(10)16/h2-3,6,8,12H,4-5,7H2,1H3,(H,17,18). The summed E-state index contributed by atoms with van der Waals surface area (Å²) in [5.74, 6) is -0.339. The van der Waals surface area contributed by atoms with Gasteiger partial charge in [-0.2, -0.15) is 0 Å². The fourth-order valence-corrected chi connectivity index (χ4v) is 2.12. The molecule has 2 aromatic rings. The van der Waals surface area contributed by atoms with Crippen molar-refractivity contribution in [1.29, 1.82) is 0 Å². The van der Waals surface area contributed by atoms with E-state index in [1.165, 1.54) is 12.1 Å². The fourth-order valence-electron chi connectivity index (χ4n) is 2.12. The van der Waals surface area contributed by atoms with Gasteiger partial charge in [0.25, 0.3) is 0 Å². The average Bonchev–Trinajstić information content (AvgIpc) is 3.13. The van der Waals surface area contributed by atoms with E-state index in [2.05, 4.69) is 14.9 Å². The fraction of sp³-hybridized carbons (Fsp3) is 0.357. The van der Waals surface area contributed by atoms with E-state index in [-0.39, 0.29) is 0 Å². The zero-order valence-electron chi connectivity index (χ0n) is 10.7. The lowest BCUT2D eigenvalue weighted by Gasteiger charge is -2.09. The van der Waals surface area contributed by atoms with Crippen LogP contribution in [-0.4, -0.2) is 9.55 Å². The molecule has 19 heavy (non-hydrogen) atoms. The maximum Gasteiger partial charge on any atom is 0.203 e. The summed E-state index contributed by atoms with van der Waals surface area (Å²) in [6.07, 6.45) is 4.33. The first kappa shape index (κ1) is 12.1. The van der Waals surface area contributed by atoms with Gasteiger partial charge in [0.2, 0.25) is 5.95 Å². The highest BCUT2D eigenvalue weighted by Crippen LogP contribution is 2.37. The topological polar surface area (TPSA) is 29.9 Å². The molecule has 0 aliphatic heterocycles. The minimum atomic E-state index is -0.559. The predicted octanol–water partition coefficient (Wildman–Crippen LogP) is 3.42. The maximum atomic E-state index is 13.5. The van der Waals surface area contributed by atoms with E-state index >= 15 is 0 Å². The van der Waals surface area contributed by atoms with Gasteiger partial charge in [0, 0.05) is 30.4 Å². The molecule has 1 heterocycles. The molecule has 0 unspecified atom stereocenters. The second-order valence-corrected chi connectivity index (χ2v) is 4.93. The Bertz CT molecular complexity index is 603. The molecule has 0 saturated heterocycles. The van der Waals surface area contributed by atoms with E-state index in [9.17, 15) is 8.78 Å². The van der Waals surface area contributed by atoms with Crippen molar-refractivity contribution >= 4 is 5.95 Å². The monoisotopic (exact) mass is 263 g/mol. The molecule has 0 amide bonds. The lowest BCUT2D eigenvalue weighted by atomic mass is 10.2. The smallest absolute Gasteiger partial charge is 0.203 e. The number of nitrogens with zero attached hydrogens (tertiary/aromatic N) is 2. The molecule has 3 nitrogen and oxygen atoms in total. The number of hydrogen-bond donors (Lipinski definition) is 1. The van der Waals surface area contributed by atoms with Crippen LogP contribution in [0.1, 0.15) is 30.1 Å². The number of anilines is 1. The van der Waals surface area contributed by atoms with Crippen molar-refractivity contribution < 1.29 is 8.78 Å². The molecular weight excluding hydrogens is 248 g/mol. The second-order valence-electron chi connectivity index (χ2n) is 4.93. The van der Waals surface area contributed by atoms with E-state index in [0.717, 1.165) is 30.6 Å². The van der Waals surface area contributed by atoms with Gasteiger partial charge in [-0.3, -0.25) is 0 Å². The summed E-state index contributed by atoms with van der Waals surface area (Å²) >= 11 is 0. The summed E-state index contributed by atoms with van der Waals surface area (Å²) in [5, 5.41) is 3.12. The molecule has 0 atom stereocenters. The third-order valence-electron chi connectivity index (χ3n) is 3.25. The van der Waals surface area contributed by atoms with E-state index in [1.54, 1.807) is 0 Å². The Labute approximate surface area is 110 Å². The van der Waals surface area contributed by atoms with E-state index in [4.69, 9.17) is 0 Å². The third-order valence-corrected chi connectivity index (χ3v) is 3.25. The van der Waals surface area contributed by atoms with Crippen molar-refractivity contribution in [2.24, 2.45) is 0 Å². The second kappa shape index (κ2) is 4.64. The van der Waals surface area contributed by atoms with Crippen LogP contribution in [-0.2, 0) is 6.54 Å². The van der Waals surface area contributed by atoms with Gasteiger partial charge in [-0.15, -0.1) is 0 Å². The minimum absolute atomic E-state index is 0.301. The van der Waals surface area contributed by atoms with Crippen LogP contribution in [0.2, 0.25) is 0 Å². The molecule has 1 N–H and O–H groups in total. The quantitative estimate of drug-likeness (QED) is 0.916. The number of nitrogens with one attached hydrogen (secondary N) is 1. The molecule has 5 heteroatoms. The molecule has 1 aromatic carbocycles. The molecule has 1 saturated carbocycles. The third kappa shape index (κ3) is 2.59. The first-order valence-electron chi connectivity index (χ1n) is 6.37. The largest absolute Gasteiger partial charge is 0.351 e. The van der Waals surface area contributed by atoms with Crippen LogP contribution < -0.4 is 5.32 Å². The highest BCUT2D eigenvalue weighted by atomic mass is 19.1. The number of halogens is 2. The SMILES string of the molecule is Cc1cn(C2CC2)c(NCc2ccc(F)cc2F)n1. The Morgan fingerprint density at radius 3 is 2.84 bits per heavy atom. The predicted molar refractivity (Wildman–Crippen MR) is 68.9 cm³/mol. The van der Waals surface area contributed by atoms with Gasteiger partial charge in [-0.05, 0) is 25.8 Å². The van der Waals surface area contributed by atoms with E-state index < -0.39 is 11.6 Å². The van der Waals surface area contributed by atoms with Crippen molar-refractivity contribution in [3.8, 4) is 0 Å². The highest BCUT2D eigenvalue weighted by Gasteiger charge is 2.26. The van der Waals surface area contributed by atoms with Crippen LogP contribution in [0.5, 0.6) is 0 Å². The molecule has 1 aromatic heterocycles. The average molecular weight is 263 g/mol. The molecule has 1 aliphatic carbocycles. The van der Waals surface area contributed by atoms with Crippen LogP contribution >= 0.6 is 0 Å². The van der Waals surface area contributed by atoms with Crippen molar-refractivity contribution in [3.05, 3.63) is 47.3 Å². The zero-order valence-corrected chi connectivity index (χ0v) is 10.7. The lowest BCUT2D eigenvalue weighted by Crippen LogP contribution is -2.07. The van der Waals surface area contributed by atoms with Gasteiger partial charge in [0.15, 0.2) is 0 Å². The van der Waals surface area contributed by atoms with E-state index in [0.29, 0.717) is 18.2 Å². The molecule has 0 spiro atoms. The van der Waals surface area contributed by atoms with Gasteiger partial charge in [-0.1, -0.05) is 6.07 Å². The van der Waals surface area contributed by atoms with Crippen molar-refractivity contribution in [2.75, 3.05) is 5.32 Å². The Balaban J connectivity index is 1.75. The Hall–Kier alpha value is -1.91. The van der Waals surface area contributed by atoms with Gasteiger partial charge in [0.05, 0.1) is 5.69 Å². The van der Waals surface area contributed by atoms with Gasteiger partial charge < -0.3 is 9.88 Å². The number of rotatable bonds is 4. The summed E-state index contributed by atoms with van der Waals surface area (Å²) in [4.78, 5) is 4.39. The highest BCUT2D eigenvalue weighted by molar-refractivity contribution is 5.33. The Morgan fingerprint density at radius 1 is 1.37 bits per heavy atom. The zero-order chi connectivity index (χ0) is 13.4. The summed E-state index contributed by atoms with van der Waals surface area (Å²) in [6.45, 7) is 2.23. The van der Waals surface area contributed by atoms with E-state index in [1.807, 2.05) is 13.1 Å². The molecule has 1 aliphatic rings. The summed E-state index contributed by atoms with van der Waals surface area (Å²) < 4.78 is 28.4. The normalized spacial score (nSPS) is 14.7. The van der Waals surface area contributed by atoms with Crippen LogP contribution in [0, 0.1) is 18.6 Å². The van der Waals surface area contributed by atoms with Crippen LogP contribution in [0.4, 0.5) is 14.7 Å². The molecular formula is C14H15F2N3. The number of imidazole rings is 1. The van der Waals surface area contributed by atoms with Crippen LogP contribution in [0.3, 0.4) is 0 Å². The summed E-state index contributed by atoms with van der Waals surface area (Å²) in [7, 11) is 0.